The fourth-order valence-corrected chi connectivity index (χ4v) is 3.08. The smallest absolute Gasteiger partial charge is 0.339 e. The number of phenols is 1. The Hall–Kier alpha value is -1.07. The Labute approximate surface area is 114 Å². The largest absolute Gasteiger partial charge is 0.507 e. The van der Waals surface area contributed by atoms with Crippen LogP contribution in [-0.4, -0.2) is 16.2 Å². The van der Waals surface area contributed by atoms with Crippen LogP contribution in [0, 0.1) is 5.92 Å². The zero-order valence-electron chi connectivity index (χ0n) is 9.90. The number of aromatic carboxylic acids is 1. The Kier molecular flexibility index (Phi) is 3.92. The molecule has 1 aromatic carbocycles. The molecule has 2 rings (SSSR count). The third-order valence-corrected chi connectivity index (χ3v) is 4.06. The van der Waals surface area contributed by atoms with Gasteiger partial charge in [0.2, 0.25) is 0 Å². The zero-order chi connectivity index (χ0) is 13.3. The second kappa shape index (κ2) is 5.28. The van der Waals surface area contributed by atoms with E-state index in [4.69, 9.17) is 10.8 Å². The number of hydrogen-bond donors (Lipinski definition) is 3. The van der Waals surface area contributed by atoms with Gasteiger partial charge >= 0.3 is 5.97 Å². The van der Waals surface area contributed by atoms with Gasteiger partial charge in [-0.1, -0.05) is 28.8 Å². The molecule has 0 heterocycles. The van der Waals surface area contributed by atoms with Gasteiger partial charge in [0.1, 0.15) is 11.3 Å². The van der Waals surface area contributed by atoms with Crippen LogP contribution in [0.25, 0.3) is 0 Å². The zero-order valence-corrected chi connectivity index (χ0v) is 11.5. The molecule has 1 atom stereocenters. The van der Waals surface area contributed by atoms with Crippen molar-refractivity contribution in [3.63, 3.8) is 0 Å². The molecular formula is C13H16BrNO3. The number of benzene rings is 1. The Morgan fingerprint density at radius 3 is 2.56 bits per heavy atom. The van der Waals surface area contributed by atoms with Gasteiger partial charge in [-0.15, -0.1) is 0 Å². The van der Waals surface area contributed by atoms with Gasteiger partial charge in [-0.3, -0.25) is 0 Å². The first kappa shape index (κ1) is 13.4. The number of halogens is 1. The summed E-state index contributed by atoms with van der Waals surface area (Å²) < 4.78 is 0.626. The van der Waals surface area contributed by atoms with Crippen LogP contribution < -0.4 is 5.73 Å². The number of carboxylic acid groups (broad SMARTS) is 1. The molecule has 0 unspecified atom stereocenters. The van der Waals surface area contributed by atoms with Gasteiger partial charge in [0.15, 0.2) is 0 Å². The fourth-order valence-electron chi connectivity index (χ4n) is 2.61. The van der Waals surface area contributed by atoms with Gasteiger partial charge in [0, 0.05) is 16.1 Å². The summed E-state index contributed by atoms with van der Waals surface area (Å²) in [6.07, 6.45) is 4.38. The van der Waals surface area contributed by atoms with Crippen molar-refractivity contribution in [1.29, 1.82) is 0 Å². The van der Waals surface area contributed by atoms with E-state index in [9.17, 15) is 9.90 Å². The number of carboxylic acids is 1. The second-order valence-electron chi connectivity index (χ2n) is 4.77. The van der Waals surface area contributed by atoms with Gasteiger partial charge in [0.05, 0.1) is 0 Å². The van der Waals surface area contributed by atoms with Crippen LogP contribution in [0.4, 0.5) is 0 Å². The van der Waals surface area contributed by atoms with E-state index >= 15 is 0 Å². The molecule has 0 saturated heterocycles. The summed E-state index contributed by atoms with van der Waals surface area (Å²) in [6.45, 7) is 0. The van der Waals surface area contributed by atoms with Crippen molar-refractivity contribution < 1.29 is 15.0 Å². The predicted molar refractivity (Wildman–Crippen MR) is 71.7 cm³/mol. The van der Waals surface area contributed by atoms with E-state index in [0.29, 0.717) is 16.0 Å². The standard InChI is InChI=1S/C13H16BrNO3/c14-8-5-9(11(15)7-3-1-2-4-7)12(16)10(6-8)13(17)18/h5-7,11,16H,1-4,15H2,(H,17,18)/t11-/m1/s1. The first-order valence-corrected chi connectivity index (χ1v) is 6.81. The topological polar surface area (TPSA) is 83.6 Å². The van der Waals surface area contributed by atoms with Crippen molar-refractivity contribution in [3.8, 4) is 5.75 Å². The summed E-state index contributed by atoms with van der Waals surface area (Å²) in [5.41, 5.74) is 6.58. The molecular weight excluding hydrogens is 298 g/mol. The quantitative estimate of drug-likeness (QED) is 0.801. The monoisotopic (exact) mass is 313 g/mol. The number of rotatable bonds is 3. The van der Waals surface area contributed by atoms with E-state index < -0.39 is 5.97 Å². The molecule has 1 fully saturated rings. The molecule has 0 aromatic heterocycles. The van der Waals surface area contributed by atoms with Gasteiger partial charge in [-0.25, -0.2) is 4.79 Å². The molecule has 0 radical (unpaired) electrons. The van der Waals surface area contributed by atoms with Crippen molar-refractivity contribution in [1.82, 2.24) is 0 Å². The number of aromatic hydroxyl groups is 1. The van der Waals surface area contributed by atoms with E-state index in [1.165, 1.54) is 6.07 Å². The molecule has 1 aromatic rings. The number of carbonyl (C=O) groups is 1. The third-order valence-electron chi connectivity index (χ3n) is 3.60. The van der Waals surface area contributed by atoms with Crippen molar-refractivity contribution >= 4 is 21.9 Å². The Morgan fingerprint density at radius 2 is 2.00 bits per heavy atom. The van der Waals surface area contributed by atoms with Gasteiger partial charge in [0.25, 0.3) is 0 Å². The van der Waals surface area contributed by atoms with Crippen molar-refractivity contribution in [3.05, 3.63) is 27.7 Å². The SMILES string of the molecule is N[C@@H](c1cc(Br)cc(C(=O)O)c1O)C1CCCC1. The average molecular weight is 314 g/mol. The molecule has 1 saturated carbocycles. The highest BCUT2D eigenvalue weighted by molar-refractivity contribution is 9.10. The van der Waals surface area contributed by atoms with E-state index in [-0.39, 0.29) is 17.4 Å². The lowest BCUT2D eigenvalue weighted by Gasteiger charge is -2.21. The maximum Gasteiger partial charge on any atom is 0.339 e. The molecule has 4 N–H and O–H groups in total. The summed E-state index contributed by atoms with van der Waals surface area (Å²) in [5, 5.41) is 19.1. The highest BCUT2D eigenvalue weighted by Gasteiger charge is 2.27. The van der Waals surface area contributed by atoms with Crippen LogP contribution in [0.15, 0.2) is 16.6 Å². The number of hydrogen-bond acceptors (Lipinski definition) is 3. The fraction of sp³-hybridized carbons (Fsp3) is 0.462. The summed E-state index contributed by atoms with van der Waals surface area (Å²) in [6, 6.07) is 2.80. The summed E-state index contributed by atoms with van der Waals surface area (Å²) in [7, 11) is 0. The van der Waals surface area contributed by atoms with Crippen molar-refractivity contribution in [2.75, 3.05) is 0 Å². The minimum Gasteiger partial charge on any atom is -0.507 e. The Balaban J connectivity index is 2.40. The van der Waals surface area contributed by atoms with Crippen LogP contribution in [0.2, 0.25) is 0 Å². The second-order valence-corrected chi connectivity index (χ2v) is 5.68. The normalized spacial score (nSPS) is 17.9. The highest BCUT2D eigenvalue weighted by atomic mass is 79.9. The van der Waals surface area contributed by atoms with Gasteiger partial charge < -0.3 is 15.9 Å². The minimum atomic E-state index is -1.14. The predicted octanol–water partition coefficient (Wildman–Crippen LogP) is 3.04. The molecule has 5 heteroatoms. The van der Waals surface area contributed by atoms with E-state index in [2.05, 4.69) is 15.9 Å². The third kappa shape index (κ3) is 2.52. The molecule has 0 aliphatic heterocycles. The summed E-state index contributed by atoms with van der Waals surface area (Å²) in [4.78, 5) is 11.0. The Morgan fingerprint density at radius 1 is 1.39 bits per heavy atom. The first-order valence-electron chi connectivity index (χ1n) is 6.02. The molecule has 0 spiro atoms. The van der Waals surface area contributed by atoms with Crippen molar-refractivity contribution in [2.24, 2.45) is 11.7 Å². The lowest BCUT2D eigenvalue weighted by molar-refractivity contribution is 0.0693. The van der Waals surface area contributed by atoms with Gasteiger partial charge in [-0.2, -0.15) is 0 Å². The molecule has 4 nitrogen and oxygen atoms in total. The van der Waals surface area contributed by atoms with Crippen LogP contribution >= 0.6 is 15.9 Å². The van der Waals surface area contributed by atoms with E-state index in [1.807, 2.05) is 0 Å². The molecule has 1 aliphatic rings. The van der Waals surface area contributed by atoms with Crippen LogP contribution in [0.1, 0.15) is 47.6 Å². The van der Waals surface area contributed by atoms with Crippen LogP contribution in [-0.2, 0) is 0 Å². The summed E-state index contributed by atoms with van der Waals surface area (Å²) in [5.74, 6) is -1.02. The lowest BCUT2D eigenvalue weighted by atomic mass is 9.91. The Bertz CT molecular complexity index is 470. The van der Waals surface area contributed by atoms with Crippen LogP contribution in [0.5, 0.6) is 5.75 Å². The maximum absolute atomic E-state index is 11.0. The molecule has 98 valence electrons. The summed E-state index contributed by atoms with van der Waals surface area (Å²) >= 11 is 3.26. The number of nitrogens with two attached hydrogens (primary N) is 1. The average Bonchev–Trinajstić information content (AvgIpc) is 2.84. The van der Waals surface area contributed by atoms with Crippen molar-refractivity contribution in [2.45, 2.75) is 31.7 Å². The lowest BCUT2D eigenvalue weighted by Crippen LogP contribution is -2.20. The van der Waals surface area contributed by atoms with Gasteiger partial charge in [-0.05, 0) is 30.9 Å². The highest BCUT2D eigenvalue weighted by Crippen LogP contribution is 2.39. The molecule has 0 amide bonds. The first-order chi connectivity index (χ1) is 8.50. The van der Waals surface area contributed by atoms with E-state index in [0.717, 1.165) is 25.7 Å². The molecule has 1 aliphatic carbocycles. The molecule has 18 heavy (non-hydrogen) atoms. The minimum absolute atomic E-state index is 0.104. The molecule has 0 bridgehead atoms. The van der Waals surface area contributed by atoms with E-state index in [1.54, 1.807) is 6.07 Å². The van der Waals surface area contributed by atoms with Crippen LogP contribution in [0.3, 0.4) is 0 Å². The maximum atomic E-state index is 11.0.